The van der Waals surface area contributed by atoms with E-state index in [-0.39, 0.29) is 21.4 Å². The van der Waals surface area contributed by atoms with E-state index >= 15 is 0 Å². The highest BCUT2D eigenvalue weighted by molar-refractivity contribution is 7.92. The fraction of sp³-hybridized carbons (Fsp3) is 0.0909. The van der Waals surface area contributed by atoms with E-state index in [0.717, 1.165) is 0 Å². The van der Waals surface area contributed by atoms with Crippen molar-refractivity contribution in [3.63, 3.8) is 0 Å². The first-order valence-corrected chi connectivity index (χ1v) is 11.9. The normalized spacial score (nSPS) is 12.1. The third-order valence-corrected chi connectivity index (χ3v) is 6.25. The fourth-order valence-corrected chi connectivity index (χ4v) is 4.06. The van der Waals surface area contributed by atoms with Crippen LogP contribution in [0.25, 0.3) is 11.0 Å². The van der Waals surface area contributed by atoms with Crippen LogP contribution >= 0.6 is 11.6 Å². The predicted molar refractivity (Wildman–Crippen MR) is 127 cm³/mol. The Morgan fingerprint density at radius 1 is 0.971 bits per heavy atom. The van der Waals surface area contributed by atoms with Crippen LogP contribution in [-0.4, -0.2) is 46.6 Å². The number of carbonyl (C=O) groups is 2. The summed E-state index contributed by atoms with van der Waals surface area (Å²) in [4.78, 5) is 33.3. The molecule has 0 aliphatic rings. The largest absolute Gasteiger partial charge is 0.449 e. The first-order valence-electron chi connectivity index (χ1n) is 10.1. The quantitative estimate of drug-likeness (QED) is 0.355. The molecule has 4 aromatic rings. The summed E-state index contributed by atoms with van der Waals surface area (Å²) in [5.74, 6) is -1.33. The lowest BCUT2D eigenvalue weighted by Gasteiger charge is -2.14. The summed E-state index contributed by atoms with van der Waals surface area (Å²) in [7, 11) is -3.94. The SMILES string of the molecule is CC(OC(=O)c1cccc2nccnc12)C(=O)Nc1ccc(S(=O)(=O)Nc2ccc(Cl)nn2)cc1. The van der Waals surface area contributed by atoms with E-state index in [2.05, 4.69) is 30.2 Å². The second-order valence-electron chi connectivity index (χ2n) is 7.14. The van der Waals surface area contributed by atoms with E-state index in [1.165, 1.54) is 61.8 Å². The number of anilines is 2. The van der Waals surface area contributed by atoms with Gasteiger partial charge in [0.2, 0.25) is 0 Å². The molecule has 13 heteroatoms. The van der Waals surface area contributed by atoms with Gasteiger partial charge in [-0.2, -0.15) is 0 Å². The Balaban J connectivity index is 1.39. The van der Waals surface area contributed by atoms with Crippen molar-refractivity contribution in [2.24, 2.45) is 0 Å². The van der Waals surface area contributed by atoms with Crippen LogP contribution in [0.3, 0.4) is 0 Å². The van der Waals surface area contributed by atoms with Crippen molar-refractivity contribution in [1.82, 2.24) is 20.2 Å². The minimum absolute atomic E-state index is 0.000374. The average Bonchev–Trinajstić information content (AvgIpc) is 2.85. The second-order valence-corrected chi connectivity index (χ2v) is 9.21. The zero-order valence-electron chi connectivity index (χ0n) is 18.0. The zero-order valence-corrected chi connectivity index (χ0v) is 19.6. The maximum atomic E-state index is 12.6. The molecule has 0 aliphatic heterocycles. The summed E-state index contributed by atoms with van der Waals surface area (Å²) >= 11 is 5.64. The van der Waals surface area contributed by atoms with E-state index in [1.807, 2.05) is 0 Å². The molecular weight excluding hydrogens is 496 g/mol. The van der Waals surface area contributed by atoms with Crippen LogP contribution in [0, 0.1) is 0 Å². The van der Waals surface area contributed by atoms with Crippen molar-refractivity contribution in [2.75, 3.05) is 10.0 Å². The number of nitrogens with one attached hydrogen (secondary N) is 2. The van der Waals surface area contributed by atoms with Gasteiger partial charge in [-0.1, -0.05) is 17.7 Å². The van der Waals surface area contributed by atoms with Crippen LogP contribution in [0.2, 0.25) is 5.15 Å². The molecule has 0 radical (unpaired) electrons. The van der Waals surface area contributed by atoms with Crippen LogP contribution in [0.1, 0.15) is 17.3 Å². The van der Waals surface area contributed by atoms with Gasteiger partial charge in [0.25, 0.3) is 15.9 Å². The summed E-state index contributed by atoms with van der Waals surface area (Å²) in [5, 5.41) is 9.92. The van der Waals surface area contributed by atoms with E-state index in [1.54, 1.807) is 12.1 Å². The monoisotopic (exact) mass is 512 g/mol. The lowest BCUT2D eigenvalue weighted by Crippen LogP contribution is -2.30. The number of amides is 1. The van der Waals surface area contributed by atoms with Crippen molar-refractivity contribution < 1.29 is 22.7 Å². The number of rotatable bonds is 7. The Labute approximate surface area is 204 Å². The fourth-order valence-electron chi connectivity index (χ4n) is 2.96. The number of carbonyl (C=O) groups excluding carboxylic acids is 2. The van der Waals surface area contributed by atoms with Gasteiger partial charge < -0.3 is 10.1 Å². The van der Waals surface area contributed by atoms with Gasteiger partial charge in [-0.25, -0.2) is 13.2 Å². The van der Waals surface area contributed by atoms with E-state index < -0.39 is 28.0 Å². The highest BCUT2D eigenvalue weighted by Gasteiger charge is 2.22. The third kappa shape index (κ3) is 5.67. The Bertz CT molecular complexity index is 1490. The molecule has 1 amide bonds. The number of ether oxygens (including phenoxy) is 1. The molecule has 0 aliphatic carbocycles. The van der Waals surface area contributed by atoms with Crippen molar-refractivity contribution in [1.29, 1.82) is 0 Å². The molecule has 35 heavy (non-hydrogen) atoms. The molecule has 2 heterocycles. The average molecular weight is 513 g/mol. The van der Waals surface area contributed by atoms with Crippen molar-refractivity contribution in [3.05, 3.63) is 77.7 Å². The van der Waals surface area contributed by atoms with Crippen LogP contribution in [-0.2, 0) is 19.6 Å². The number of hydrogen-bond acceptors (Lipinski definition) is 9. The minimum atomic E-state index is -3.94. The summed E-state index contributed by atoms with van der Waals surface area (Å²) in [6, 6.07) is 13.0. The standard InChI is InChI=1S/C22H17ClN6O5S/c1-13(34-22(31)16-3-2-4-17-20(16)25-12-11-24-17)21(30)26-14-5-7-15(8-6-14)35(32,33)29-19-10-9-18(23)27-28-19/h2-13H,1H3,(H,26,30)(H,28,29). The molecule has 0 saturated heterocycles. The van der Waals surface area contributed by atoms with Gasteiger partial charge in [0.05, 0.1) is 16.0 Å². The van der Waals surface area contributed by atoms with Gasteiger partial charge in [0.15, 0.2) is 17.1 Å². The number of para-hydroxylation sites is 1. The molecule has 11 nitrogen and oxygen atoms in total. The summed E-state index contributed by atoms with van der Waals surface area (Å²) in [6.07, 6.45) is 1.83. The Kier molecular flexibility index (Phi) is 6.85. The zero-order chi connectivity index (χ0) is 25.0. The van der Waals surface area contributed by atoms with Gasteiger partial charge in [-0.15, -0.1) is 10.2 Å². The lowest BCUT2D eigenvalue weighted by atomic mass is 10.2. The molecule has 2 aromatic heterocycles. The minimum Gasteiger partial charge on any atom is -0.449 e. The maximum Gasteiger partial charge on any atom is 0.341 e. The topological polar surface area (TPSA) is 153 Å². The molecule has 1 atom stereocenters. The molecule has 178 valence electrons. The molecule has 2 N–H and O–H groups in total. The van der Waals surface area contributed by atoms with Crippen LogP contribution in [0.5, 0.6) is 0 Å². The van der Waals surface area contributed by atoms with Crippen molar-refractivity contribution >= 4 is 56.0 Å². The van der Waals surface area contributed by atoms with Gasteiger partial charge in [0, 0.05) is 18.1 Å². The third-order valence-electron chi connectivity index (χ3n) is 4.67. The first kappa shape index (κ1) is 24.0. The molecule has 2 aromatic carbocycles. The molecule has 0 saturated carbocycles. The maximum absolute atomic E-state index is 12.6. The summed E-state index contributed by atoms with van der Waals surface area (Å²) in [5.41, 5.74) is 1.37. The number of sulfonamides is 1. The van der Waals surface area contributed by atoms with E-state index in [0.29, 0.717) is 16.7 Å². The van der Waals surface area contributed by atoms with Gasteiger partial charge >= 0.3 is 5.97 Å². The Hall–Kier alpha value is -4.16. The number of fused-ring (bicyclic) bond motifs is 1. The number of aromatic nitrogens is 4. The van der Waals surface area contributed by atoms with Crippen LogP contribution in [0.4, 0.5) is 11.5 Å². The number of esters is 1. The number of halogens is 1. The summed E-state index contributed by atoms with van der Waals surface area (Å²) in [6.45, 7) is 1.42. The highest BCUT2D eigenvalue weighted by atomic mass is 35.5. The van der Waals surface area contributed by atoms with Gasteiger partial charge in [-0.3, -0.25) is 19.5 Å². The predicted octanol–water partition coefficient (Wildman–Crippen LogP) is 3.06. The van der Waals surface area contributed by atoms with Gasteiger partial charge in [-0.05, 0) is 55.5 Å². The highest BCUT2D eigenvalue weighted by Crippen LogP contribution is 2.19. The van der Waals surface area contributed by atoms with Gasteiger partial charge in [0.1, 0.15) is 5.52 Å². The van der Waals surface area contributed by atoms with E-state index in [9.17, 15) is 18.0 Å². The first-order chi connectivity index (χ1) is 16.7. The summed E-state index contributed by atoms with van der Waals surface area (Å²) < 4.78 is 32.6. The molecule has 0 fully saturated rings. The molecule has 0 spiro atoms. The molecular formula is C22H17ClN6O5S. The molecule has 4 rings (SSSR count). The second kappa shape index (κ2) is 9.99. The number of nitrogens with zero attached hydrogens (tertiary/aromatic N) is 4. The molecule has 1 unspecified atom stereocenters. The molecule has 0 bridgehead atoms. The van der Waals surface area contributed by atoms with E-state index in [4.69, 9.17) is 16.3 Å². The van der Waals surface area contributed by atoms with Crippen molar-refractivity contribution in [2.45, 2.75) is 17.9 Å². The Morgan fingerprint density at radius 2 is 1.71 bits per heavy atom. The number of benzene rings is 2. The number of hydrogen-bond donors (Lipinski definition) is 2. The van der Waals surface area contributed by atoms with Crippen LogP contribution in [0.15, 0.2) is 71.9 Å². The van der Waals surface area contributed by atoms with Crippen molar-refractivity contribution in [3.8, 4) is 0 Å². The van der Waals surface area contributed by atoms with Crippen LogP contribution < -0.4 is 10.0 Å². The Morgan fingerprint density at radius 3 is 2.43 bits per heavy atom. The smallest absolute Gasteiger partial charge is 0.341 e. The lowest BCUT2D eigenvalue weighted by molar-refractivity contribution is -0.123.